The fourth-order valence-electron chi connectivity index (χ4n) is 3.85. The number of carbonyl (C=O) groups excluding carboxylic acids is 2. The average Bonchev–Trinajstić information content (AvgIpc) is 3.21. The summed E-state index contributed by atoms with van der Waals surface area (Å²) in [6.45, 7) is 4.16. The molecule has 2 amide bonds. The van der Waals surface area contributed by atoms with Crippen molar-refractivity contribution in [2.75, 3.05) is 39.9 Å². The van der Waals surface area contributed by atoms with Gasteiger partial charge in [-0.1, -0.05) is 5.16 Å². The number of piperidine rings is 1. The van der Waals surface area contributed by atoms with Gasteiger partial charge in [-0.05, 0) is 32.2 Å². The molecule has 2 aliphatic heterocycles. The first-order valence-electron chi connectivity index (χ1n) is 8.67. The summed E-state index contributed by atoms with van der Waals surface area (Å²) in [5, 5.41) is 3.56. The van der Waals surface area contributed by atoms with Gasteiger partial charge in [-0.25, -0.2) is 0 Å². The predicted molar refractivity (Wildman–Crippen MR) is 87.4 cm³/mol. The molecule has 1 aromatic rings. The van der Waals surface area contributed by atoms with Gasteiger partial charge in [0.25, 0.3) is 11.7 Å². The molecule has 2 fully saturated rings. The number of hydrogen-bond acceptors (Lipinski definition) is 7. The van der Waals surface area contributed by atoms with Gasteiger partial charge < -0.3 is 19.9 Å². The molecule has 9 heteroatoms. The molecule has 0 unspecified atom stereocenters. The topological polar surface area (TPSA) is 115 Å². The fraction of sp³-hybridized carbons (Fsp3) is 0.750. The van der Waals surface area contributed by atoms with Gasteiger partial charge in [0, 0.05) is 33.4 Å². The zero-order valence-corrected chi connectivity index (χ0v) is 14.6. The Kier molecular flexibility index (Phi) is 5.33. The maximum Gasteiger partial charge on any atom is 0.290 e. The minimum Gasteiger partial charge on any atom is -0.385 e. The summed E-state index contributed by atoms with van der Waals surface area (Å²) < 4.78 is 10.1. The number of primary amides is 1. The number of likely N-dealkylation sites (tertiary alicyclic amines) is 2. The predicted octanol–water partition coefficient (Wildman–Crippen LogP) is 0.0195. The van der Waals surface area contributed by atoms with Crippen molar-refractivity contribution in [1.82, 2.24) is 19.9 Å². The normalized spacial score (nSPS) is 24.4. The van der Waals surface area contributed by atoms with Gasteiger partial charge in [0.15, 0.2) is 0 Å². The molecule has 0 saturated carbocycles. The molecule has 2 saturated heterocycles. The van der Waals surface area contributed by atoms with Crippen LogP contribution >= 0.6 is 0 Å². The van der Waals surface area contributed by atoms with Crippen LogP contribution in [0.4, 0.5) is 0 Å². The molecule has 25 heavy (non-hydrogen) atoms. The monoisotopic (exact) mass is 351 g/mol. The molecule has 9 nitrogen and oxygen atoms in total. The molecule has 3 heterocycles. The van der Waals surface area contributed by atoms with Gasteiger partial charge in [-0.15, -0.1) is 0 Å². The van der Waals surface area contributed by atoms with Crippen LogP contribution in [0.15, 0.2) is 4.52 Å². The molecule has 0 radical (unpaired) electrons. The Morgan fingerprint density at radius 1 is 1.40 bits per heavy atom. The molecule has 138 valence electrons. The summed E-state index contributed by atoms with van der Waals surface area (Å²) >= 11 is 0. The number of carbonyl (C=O) groups is 2. The molecule has 1 atom stereocenters. The van der Waals surface area contributed by atoms with Crippen LogP contribution in [0.1, 0.15) is 42.2 Å². The number of rotatable bonds is 7. The third-order valence-electron chi connectivity index (χ3n) is 5.08. The number of amides is 2. The molecular weight excluding hydrogens is 326 g/mol. The van der Waals surface area contributed by atoms with Crippen molar-refractivity contribution in [3.05, 3.63) is 11.7 Å². The number of ether oxygens (including phenoxy) is 1. The van der Waals surface area contributed by atoms with Crippen LogP contribution in [0.25, 0.3) is 0 Å². The van der Waals surface area contributed by atoms with Crippen molar-refractivity contribution >= 4 is 11.8 Å². The Morgan fingerprint density at radius 2 is 2.24 bits per heavy atom. The van der Waals surface area contributed by atoms with Gasteiger partial charge in [-0.3, -0.25) is 14.5 Å². The summed E-state index contributed by atoms with van der Waals surface area (Å²) in [6, 6.07) is 0. The standard InChI is InChI=1S/C16H25N5O4/c1-24-9-3-7-21-6-2-4-16(15(21)23)5-8-20(11-16)10-12-18-14(13(17)22)19-25-12/h2-11H2,1H3,(H2,17,22)/t16-/m1/s1. The lowest BCUT2D eigenvalue weighted by Gasteiger charge is -2.39. The largest absolute Gasteiger partial charge is 0.385 e. The van der Waals surface area contributed by atoms with Crippen molar-refractivity contribution < 1.29 is 18.8 Å². The number of nitrogens with two attached hydrogens (primary N) is 1. The number of aromatic nitrogens is 2. The molecule has 2 aliphatic rings. The van der Waals surface area contributed by atoms with Gasteiger partial charge >= 0.3 is 0 Å². The highest BCUT2D eigenvalue weighted by molar-refractivity contribution is 5.88. The number of methoxy groups -OCH3 is 1. The first-order chi connectivity index (χ1) is 12.0. The summed E-state index contributed by atoms with van der Waals surface area (Å²) in [6.07, 6.45) is 3.64. The lowest BCUT2D eigenvalue weighted by molar-refractivity contribution is -0.145. The van der Waals surface area contributed by atoms with Crippen LogP contribution in [0.5, 0.6) is 0 Å². The van der Waals surface area contributed by atoms with Crippen LogP contribution in [0.2, 0.25) is 0 Å². The van der Waals surface area contributed by atoms with Crippen molar-refractivity contribution in [1.29, 1.82) is 0 Å². The van der Waals surface area contributed by atoms with Crippen molar-refractivity contribution in [3.8, 4) is 0 Å². The van der Waals surface area contributed by atoms with Gasteiger partial charge in [0.1, 0.15) is 0 Å². The highest BCUT2D eigenvalue weighted by Crippen LogP contribution is 2.40. The van der Waals surface area contributed by atoms with E-state index in [9.17, 15) is 9.59 Å². The first kappa shape index (κ1) is 17.8. The van der Waals surface area contributed by atoms with E-state index in [4.69, 9.17) is 15.0 Å². The Morgan fingerprint density at radius 3 is 2.96 bits per heavy atom. The van der Waals surface area contributed by atoms with Crippen molar-refractivity contribution in [2.24, 2.45) is 11.1 Å². The molecule has 0 bridgehead atoms. The van der Waals surface area contributed by atoms with Gasteiger partial charge in [0.2, 0.25) is 11.8 Å². The van der Waals surface area contributed by atoms with Crippen molar-refractivity contribution in [2.45, 2.75) is 32.2 Å². The Balaban J connectivity index is 1.59. The fourth-order valence-corrected chi connectivity index (χ4v) is 3.85. The van der Waals surface area contributed by atoms with E-state index in [1.807, 2.05) is 4.90 Å². The lowest BCUT2D eigenvalue weighted by atomic mass is 9.78. The summed E-state index contributed by atoms with van der Waals surface area (Å²) in [5.74, 6) is -0.212. The second-order valence-electron chi connectivity index (χ2n) is 6.86. The minimum absolute atomic E-state index is 0.109. The van der Waals surface area contributed by atoms with Crippen molar-refractivity contribution in [3.63, 3.8) is 0 Å². The van der Waals surface area contributed by atoms with Crippen LogP contribution < -0.4 is 5.73 Å². The Bertz CT molecular complexity index is 634. The van der Waals surface area contributed by atoms with Crippen LogP contribution in [0.3, 0.4) is 0 Å². The summed E-state index contributed by atoms with van der Waals surface area (Å²) in [7, 11) is 1.68. The third kappa shape index (κ3) is 3.82. The minimum atomic E-state index is -0.706. The SMILES string of the molecule is COCCCN1CCC[C@]2(CCN(Cc3nc(C(N)=O)no3)C2)C1=O. The van der Waals surface area contributed by atoms with E-state index in [2.05, 4.69) is 15.0 Å². The Hall–Kier alpha value is -2.00. The maximum atomic E-state index is 13.0. The van der Waals surface area contributed by atoms with E-state index < -0.39 is 5.91 Å². The smallest absolute Gasteiger partial charge is 0.290 e. The maximum absolute atomic E-state index is 13.0. The molecule has 0 aromatic carbocycles. The van der Waals surface area contributed by atoms with E-state index in [-0.39, 0.29) is 17.1 Å². The third-order valence-corrected chi connectivity index (χ3v) is 5.08. The quantitative estimate of drug-likeness (QED) is 0.689. The second-order valence-corrected chi connectivity index (χ2v) is 6.86. The summed E-state index contributed by atoms with van der Waals surface area (Å²) in [4.78, 5) is 32.1. The van der Waals surface area contributed by atoms with E-state index in [0.717, 1.165) is 45.3 Å². The van der Waals surface area contributed by atoms with E-state index >= 15 is 0 Å². The Labute approximate surface area is 146 Å². The lowest BCUT2D eigenvalue weighted by Crippen LogP contribution is -2.50. The van der Waals surface area contributed by atoms with Gasteiger partial charge in [-0.2, -0.15) is 4.98 Å². The van der Waals surface area contributed by atoms with E-state index in [1.54, 1.807) is 7.11 Å². The van der Waals surface area contributed by atoms with Crippen LogP contribution in [-0.2, 0) is 16.1 Å². The van der Waals surface area contributed by atoms with Gasteiger partial charge in [0.05, 0.1) is 12.0 Å². The zero-order valence-electron chi connectivity index (χ0n) is 14.6. The number of hydrogen-bond donors (Lipinski definition) is 1. The molecule has 3 rings (SSSR count). The molecule has 1 spiro atoms. The molecule has 1 aromatic heterocycles. The second kappa shape index (κ2) is 7.49. The molecule has 2 N–H and O–H groups in total. The first-order valence-corrected chi connectivity index (χ1v) is 8.67. The highest BCUT2D eigenvalue weighted by Gasteiger charge is 2.48. The zero-order chi connectivity index (χ0) is 17.9. The molecule has 0 aliphatic carbocycles. The van der Waals surface area contributed by atoms with Crippen LogP contribution in [-0.4, -0.2) is 71.7 Å². The average molecular weight is 351 g/mol. The number of nitrogens with zero attached hydrogens (tertiary/aromatic N) is 4. The van der Waals surface area contributed by atoms with E-state index in [0.29, 0.717) is 25.6 Å². The van der Waals surface area contributed by atoms with Crippen LogP contribution in [0, 0.1) is 5.41 Å². The molecular formula is C16H25N5O4. The summed E-state index contributed by atoms with van der Waals surface area (Å²) in [5.41, 5.74) is 4.83. The highest BCUT2D eigenvalue weighted by atomic mass is 16.5. The van der Waals surface area contributed by atoms with E-state index in [1.165, 1.54) is 0 Å².